The lowest BCUT2D eigenvalue weighted by molar-refractivity contribution is 0.538. The van der Waals surface area contributed by atoms with Crippen LogP contribution in [0.15, 0.2) is 24.5 Å². The van der Waals surface area contributed by atoms with Crippen LogP contribution in [0.1, 0.15) is 23.1 Å². The lowest BCUT2D eigenvalue weighted by Gasteiger charge is -2.21. The van der Waals surface area contributed by atoms with E-state index >= 15 is 0 Å². The molecule has 0 aliphatic carbocycles. The van der Waals surface area contributed by atoms with Crippen molar-refractivity contribution in [3.63, 3.8) is 0 Å². The molecule has 0 amide bonds. The first kappa shape index (κ1) is 11.9. The standard InChI is InChI=1S/C14H14ClN5/c1-20-10-4-2-3-8(15)11(10)13(19-20)14-12-9(5-6-16-14)17-7-18-12/h2-4,7,14,16H,5-6H2,1H3,(H,17,18)/t14-/m0/s1. The highest BCUT2D eigenvalue weighted by Gasteiger charge is 2.28. The zero-order chi connectivity index (χ0) is 13.7. The molecule has 1 aromatic carbocycles. The largest absolute Gasteiger partial charge is 0.348 e. The summed E-state index contributed by atoms with van der Waals surface area (Å²) in [7, 11) is 1.94. The second-order valence-corrected chi connectivity index (χ2v) is 5.45. The molecule has 5 nitrogen and oxygen atoms in total. The van der Waals surface area contributed by atoms with E-state index in [0.29, 0.717) is 0 Å². The van der Waals surface area contributed by atoms with Crippen molar-refractivity contribution in [2.45, 2.75) is 12.5 Å². The number of aromatic nitrogens is 4. The molecule has 1 aliphatic rings. The number of H-pyrrole nitrogens is 1. The maximum absolute atomic E-state index is 6.39. The van der Waals surface area contributed by atoms with Gasteiger partial charge in [-0.25, -0.2) is 4.98 Å². The van der Waals surface area contributed by atoms with Crippen molar-refractivity contribution in [3.05, 3.63) is 46.6 Å². The van der Waals surface area contributed by atoms with Crippen LogP contribution >= 0.6 is 11.6 Å². The Morgan fingerprint density at radius 1 is 1.35 bits per heavy atom. The molecule has 6 heteroatoms. The van der Waals surface area contributed by atoms with Gasteiger partial charge in [-0.2, -0.15) is 5.10 Å². The maximum atomic E-state index is 6.39. The molecule has 0 bridgehead atoms. The number of benzene rings is 1. The van der Waals surface area contributed by atoms with Crippen molar-refractivity contribution in [2.24, 2.45) is 7.05 Å². The van der Waals surface area contributed by atoms with Crippen LogP contribution in [0.3, 0.4) is 0 Å². The zero-order valence-corrected chi connectivity index (χ0v) is 11.8. The molecule has 20 heavy (non-hydrogen) atoms. The van der Waals surface area contributed by atoms with E-state index in [1.165, 1.54) is 5.69 Å². The third-order valence-corrected chi connectivity index (χ3v) is 4.19. The Morgan fingerprint density at radius 2 is 2.25 bits per heavy atom. The first-order valence-electron chi connectivity index (χ1n) is 6.62. The molecule has 102 valence electrons. The minimum absolute atomic E-state index is 0.00593. The van der Waals surface area contributed by atoms with Gasteiger partial charge < -0.3 is 10.3 Å². The Kier molecular flexibility index (Phi) is 2.58. The number of imidazole rings is 1. The molecule has 0 saturated heterocycles. The second kappa shape index (κ2) is 4.33. The zero-order valence-electron chi connectivity index (χ0n) is 11.0. The van der Waals surface area contributed by atoms with Crippen molar-refractivity contribution in [2.75, 3.05) is 6.54 Å². The molecule has 0 radical (unpaired) electrons. The van der Waals surface area contributed by atoms with Crippen molar-refractivity contribution < 1.29 is 0 Å². The molecule has 0 unspecified atom stereocenters. The van der Waals surface area contributed by atoms with Crippen LogP contribution in [-0.2, 0) is 13.5 Å². The van der Waals surface area contributed by atoms with Gasteiger partial charge in [0.05, 0.1) is 34.3 Å². The van der Waals surface area contributed by atoms with Crippen LogP contribution in [0, 0.1) is 0 Å². The van der Waals surface area contributed by atoms with E-state index in [-0.39, 0.29) is 6.04 Å². The number of fused-ring (bicyclic) bond motifs is 2. The number of nitrogens with one attached hydrogen (secondary N) is 2. The molecule has 0 spiro atoms. The van der Waals surface area contributed by atoms with Gasteiger partial charge in [-0.3, -0.25) is 4.68 Å². The summed E-state index contributed by atoms with van der Waals surface area (Å²) in [4.78, 5) is 7.66. The van der Waals surface area contributed by atoms with E-state index < -0.39 is 0 Å². The highest BCUT2D eigenvalue weighted by Crippen LogP contribution is 2.34. The van der Waals surface area contributed by atoms with Crippen LogP contribution in [0.5, 0.6) is 0 Å². The third kappa shape index (κ3) is 1.60. The van der Waals surface area contributed by atoms with Crippen LogP contribution in [0.4, 0.5) is 0 Å². The van der Waals surface area contributed by atoms with Gasteiger partial charge in [-0.15, -0.1) is 0 Å². The number of hydrogen-bond acceptors (Lipinski definition) is 3. The Bertz CT molecular complexity index is 788. The molecule has 3 aromatic rings. The average Bonchev–Trinajstić information content (AvgIpc) is 3.04. The number of nitrogens with zero attached hydrogens (tertiary/aromatic N) is 3. The van der Waals surface area contributed by atoms with Gasteiger partial charge in [-0.1, -0.05) is 17.7 Å². The van der Waals surface area contributed by atoms with Gasteiger partial charge >= 0.3 is 0 Å². The molecule has 2 N–H and O–H groups in total. The van der Waals surface area contributed by atoms with Gasteiger partial charge in [0.25, 0.3) is 0 Å². The lowest BCUT2D eigenvalue weighted by atomic mass is 10.00. The monoisotopic (exact) mass is 287 g/mol. The second-order valence-electron chi connectivity index (χ2n) is 5.05. The van der Waals surface area contributed by atoms with Crippen LogP contribution in [-0.4, -0.2) is 26.3 Å². The summed E-state index contributed by atoms with van der Waals surface area (Å²) in [5, 5.41) is 9.90. The molecule has 1 atom stereocenters. The summed E-state index contributed by atoms with van der Waals surface area (Å²) in [6.45, 7) is 0.905. The summed E-state index contributed by atoms with van der Waals surface area (Å²) in [6, 6.07) is 5.88. The van der Waals surface area contributed by atoms with E-state index in [4.69, 9.17) is 11.6 Å². The quantitative estimate of drug-likeness (QED) is 0.721. The fourth-order valence-electron chi connectivity index (χ4n) is 2.95. The van der Waals surface area contributed by atoms with Gasteiger partial charge in [0.2, 0.25) is 0 Å². The summed E-state index contributed by atoms with van der Waals surface area (Å²) in [6.07, 6.45) is 2.71. The summed E-state index contributed by atoms with van der Waals surface area (Å²) in [5.41, 5.74) is 4.19. The molecule has 0 fully saturated rings. The lowest BCUT2D eigenvalue weighted by Crippen LogP contribution is -2.31. The minimum atomic E-state index is -0.00593. The minimum Gasteiger partial charge on any atom is -0.348 e. The fraction of sp³-hybridized carbons (Fsp3) is 0.286. The predicted octanol–water partition coefficient (Wildman–Crippen LogP) is 2.18. The van der Waals surface area contributed by atoms with Crippen LogP contribution < -0.4 is 5.32 Å². The highest BCUT2D eigenvalue weighted by molar-refractivity contribution is 6.35. The molecular weight excluding hydrogens is 274 g/mol. The molecular formula is C14H14ClN5. The number of aromatic amines is 1. The SMILES string of the molecule is Cn1nc([C@H]2NCCc3[nH]cnc32)c2c(Cl)cccc21. The van der Waals surface area contributed by atoms with E-state index in [2.05, 4.69) is 20.4 Å². The van der Waals surface area contributed by atoms with Gasteiger partial charge in [0, 0.05) is 31.1 Å². The highest BCUT2D eigenvalue weighted by atomic mass is 35.5. The Balaban J connectivity index is 1.97. The molecule has 2 aromatic heterocycles. The van der Waals surface area contributed by atoms with E-state index in [1.54, 1.807) is 6.33 Å². The smallest absolute Gasteiger partial charge is 0.0969 e. The molecule has 1 aliphatic heterocycles. The predicted molar refractivity (Wildman–Crippen MR) is 77.9 cm³/mol. The summed E-state index contributed by atoms with van der Waals surface area (Å²) in [5.74, 6) is 0. The summed E-state index contributed by atoms with van der Waals surface area (Å²) >= 11 is 6.39. The third-order valence-electron chi connectivity index (χ3n) is 3.88. The van der Waals surface area contributed by atoms with E-state index in [0.717, 1.165) is 40.3 Å². The number of halogens is 1. The molecule has 3 heterocycles. The summed E-state index contributed by atoms with van der Waals surface area (Å²) < 4.78 is 1.87. The number of rotatable bonds is 1. The molecule has 0 saturated carbocycles. The average molecular weight is 288 g/mol. The fourth-order valence-corrected chi connectivity index (χ4v) is 3.21. The topological polar surface area (TPSA) is 58.5 Å². The van der Waals surface area contributed by atoms with Gasteiger partial charge in [-0.05, 0) is 12.1 Å². The van der Waals surface area contributed by atoms with E-state index in [9.17, 15) is 0 Å². The van der Waals surface area contributed by atoms with Gasteiger partial charge in [0.15, 0.2) is 0 Å². The van der Waals surface area contributed by atoms with Crippen molar-refractivity contribution in [1.82, 2.24) is 25.1 Å². The molecule has 4 rings (SSSR count). The first-order valence-corrected chi connectivity index (χ1v) is 7.00. The number of aryl methyl sites for hydroxylation is 1. The van der Waals surface area contributed by atoms with Gasteiger partial charge in [0.1, 0.15) is 0 Å². The van der Waals surface area contributed by atoms with Crippen LogP contribution in [0.25, 0.3) is 10.9 Å². The Labute approximate surface area is 121 Å². The number of hydrogen-bond donors (Lipinski definition) is 2. The van der Waals surface area contributed by atoms with Crippen LogP contribution in [0.2, 0.25) is 5.02 Å². The van der Waals surface area contributed by atoms with E-state index in [1.807, 2.05) is 29.9 Å². The van der Waals surface area contributed by atoms with Crippen molar-refractivity contribution in [1.29, 1.82) is 0 Å². The van der Waals surface area contributed by atoms with Crippen molar-refractivity contribution >= 4 is 22.5 Å². The Morgan fingerprint density at radius 3 is 3.15 bits per heavy atom. The first-order chi connectivity index (χ1) is 9.75. The van der Waals surface area contributed by atoms with Crippen molar-refractivity contribution in [3.8, 4) is 0 Å². The normalized spacial score (nSPS) is 18.4. The Hall–Kier alpha value is -1.85. The maximum Gasteiger partial charge on any atom is 0.0969 e.